The molecular formula is C14H22O3. The molecule has 0 aromatic rings. The minimum atomic E-state index is -0.545. The van der Waals surface area contributed by atoms with Crippen molar-refractivity contribution in [3.05, 3.63) is 0 Å². The number of ether oxygens (including phenoxy) is 1. The monoisotopic (exact) mass is 238 g/mol. The normalized spacial score (nSPS) is 39.8. The van der Waals surface area contributed by atoms with Crippen LogP contribution in [0.1, 0.15) is 59.3 Å². The predicted octanol–water partition coefficient (Wildman–Crippen LogP) is 3.07. The highest BCUT2D eigenvalue weighted by atomic mass is 16.6. The summed E-state index contributed by atoms with van der Waals surface area (Å²) in [6, 6.07) is 0. The molecule has 1 aliphatic carbocycles. The van der Waals surface area contributed by atoms with Crippen molar-refractivity contribution >= 4 is 11.9 Å². The van der Waals surface area contributed by atoms with Gasteiger partial charge in [-0.3, -0.25) is 9.59 Å². The summed E-state index contributed by atoms with van der Waals surface area (Å²) in [4.78, 5) is 23.5. The van der Waals surface area contributed by atoms with Crippen LogP contribution in [0.5, 0.6) is 0 Å². The zero-order valence-corrected chi connectivity index (χ0v) is 11.0. The number of hydrogen-bond donors (Lipinski definition) is 0. The van der Waals surface area contributed by atoms with E-state index in [1.165, 1.54) is 19.3 Å². The third-order valence-corrected chi connectivity index (χ3v) is 5.08. The average molecular weight is 238 g/mol. The van der Waals surface area contributed by atoms with Crippen molar-refractivity contribution in [2.24, 2.45) is 16.7 Å². The number of carbonyl (C=O) groups excluding carboxylic acids is 2. The van der Waals surface area contributed by atoms with E-state index in [0.29, 0.717) is 5.92 Å². The summed E-state index contributed by atoms with van der Waals surface area (Å²) in [5.74, 6) is -0.269. The molecule has 0 aromatic carbocycles. The van der Waals surface area contributed by atoms with Crippen LogP contribution in [-0.2, 0) is 14.3 Å². The van der Waals surface area contributed by atoms with Gasteiger partial charge < -0.3 is 4.74 Å². The average Bonchev–Trinajstić information content (AvgIpc) is 2.41. The minimum Gasteiger partial charge on any atom is -0.392 e. The van der Waals surface area contributed by atoms with Gasteiger partial charge in [0.2, 0.25) is 0 Å². The first-order valence-electron chi connectivity index (χ1n) is 6.73. The SMILES string of the molecule is CCCCCCC1CC2(C)C(=O)OC(=O)C12C. The largest absolute Gasteiger partial charge is 0.392 e. The van der Waals surface area contributed by atoms with Crippen molar-refractivity contribution < 1.29 is 14.3 Å². The summed E-state index contributed by atoms with van der Waals surface area (Å²) in [6.45, 7) is 5.98. The molecule has 96 valence electrons. The van der Waals surface area contributed by atoms with Crippen LogP contribution in [0.3, 0.4) is 0 Å². The molecule has 2 fully saturated rings. The summed E-state index contributed by atoms with van der Waals surface area (Å²) in [5, 5.41) is 0. The van der Waals surface area contributed by atoms with Crippen molar-refractivity contribution in [2.45, 2.75) is 59.3 Å². The lowest BCUT2D eigenvalue weighted by molar-refractivity contribution is -0.160. The van der Waals surface area contributed by atoms with E-state index < -0.39 is 10.8 Å². The molecule has 0 radical (unpaired) electrons. The fraction of sp³-hybridized carbons (Fsp3) is 0.857. The molecule has 1 heterocycles. The minimum absolute atomic E-state index is 0.295. The van der Waals surface area contributed by atoms with Crippen LogP contribution in [-0.4, -0.2) is 11.9 Å². The number of hydrogen-bond acceptors (Lipinski definition) is 3. The van der Waals surface area contributed by atoms with Gasteiger partial charge in [-0.05, 0) is 32.6 Å². The van der Waals surface area contributed by atoms with E-state index in [1.54, 1.807) is 0 Å². The van der Waals surface area contributed by atoms with Crippen LogP contribution in [0.2, 0.25) is 0 Å². The van der Waals surface area contributed by atoms with E-state index in [2.05, 4.69) is 6.92 Å². The molecule has 3 nitrogen and oxygen atoms in total. The number of carbonyl (C=O) groups is 2. The van der Waals surface area contributed by atoms with Gasteiger partial charge in [0, 0.05) is 0 Å². The second-order valence-electron chi connectivity index (χ2n) is 5.96. The molecule has 1 saturated carbocycles. The van der Waals surface area contributed by atoms with Gasteiger partial charge in [0.25, 0.3) is 0 Å². The molecular weight excluding hydrogens is 216 g/mol. The molecule has 3 unspecified atom stereocenters. The first kappa shape index (κ1) is 12.6. The molecule has 3 heteroatoms. The molecule has 0 amide bonds. The first-order chi connectivity index (χ1) is 7.96. The van der Waals surface area contributed by atoms with Gasteiger partial charge >= 0.3 is 11.9 Å². The lowest BCUT2D eigenvalue weighted by Gasteiger charge is -2.52. The van der Waals surface area contributed by atoms with Crippen LogP contribution in [0, 0.1) is 16.7 Å². The van der Waals surface area contributed by atoms with E-state index in [-0.39, 0.29) is 11.9 Å². The highest BCUT2D eigenvalue weighted by molar-refractivity contribution is 6.03. The summed E-state index contributed by atoms with van der Waals surface area (Å²) >= 11 is 0. The zero-order valence-electron chi connectivity index (χ0n) is 11.0. The van der Waals surface area contributed by atoms with Gasteiger partial charge in [-0.2, -0.15) is 0 Å². The van der Waals surface area contributed by atoms with Crippen LogP contribution in [0.4, 0.5) is 0 Å². The Labute approximate surface area is 103 Å². The number of unbranched alkanes of at least 4 members (excludes halogenated alkanes) is 3. The molecule has 1 saturated heterocycles. The smallest absolute Gasteiger partial charge is 0.320 e. The number of esters is 2. The van der Waals surface area contributed by atoms with Gasteiger partial charge in [0.05, 0.1) is 10.8 Å². The van der Waals surface area contributed by atoms with Gasteiger partial charge in [-0.25, -0.2) is 0 Å². The summed E-state index contributed by atoms with van der Waals surface area (Å²) in [5.41, 5.74) is -1.09. The van der Waals surface area contributed by atoms with E-state index in [1.807, 2.05) is 13.8 Å². The highest BCUT2D eigenvalue weighted by Gasteiger charge is 2.73. The Bertz CT molecular complexity index is 349. The third-order valence-electron chi connectivity index (χ3n) is 5.08. The Morgan fingerprint density at radius 2 is 1.88 bits per heavy atom. The Kier molecular flexibility index (Phi) is 3.04. The van der Waals surface area contributed by atoms with Gasteiger partial charge in [-0.15, -0.1) is 0 Å². The molecule has 2 aliphatic rings. The fourth-order valence-corrected chi connectivity index (χ4v) is 3.43. The van der Waals surface area contributed by atoms with Gasteiger partial charge in [0.1, 0.15) is 0 Å². The Morgan fingerprint density at radius 1 is 1.18 bits per heavy atom. The molecule has 3 atom stereocenters. The van der Waals surface area contributed by atoms with Crippen molar-refractivity contribution in [1.82, 2.24) is 0 Å². The predicted molar refractivity (Wildman–Crippen MR) is 64.2 cm³/mol. The van der Waals surface area contributed by atoms with Crippen LogP contribution in [0.25, 0.3) is 0 Å². The number of cyclic esters (lactones) is 2. The maximum Gasteiger partial charge on any atom is 0.320 e. The maximum atomic E-state index is 11.8. The van der Waals surface area contributed by atoms with Crippen molar-refractivity contribution in [3.8, 4) is 0 Å². The lowest BCUT2D eigenvalue weighted by atomic mass is 9.45. The third kappa shape index (κ3) is 1.54. The van der Waals surface area contributed by atoms with Crippen LogP contribution >= 0.6 is 0 Å². The Hall–Kier alpha value is -0.860. The van der Waals surface area contributed by atoms with E-state index in [4.69, 9.17) is 4.74 Å². The van der Waals surface area contributed by atoms with Crippen molar-refractivity contribution in [2.75, 3.05) is 0 Å². The number of rotatable bonds is 5. The summed E-state index contributed by atoms with van der Waals surface area (Å²) in [6.07, 6.45) is 6.73. The Balaban J connectivity index is 1.96. The molecule has 0 bridgehead atoms. The quantitative estimate of drug-likeness (QED) is 0.420. The zero-order chi connectivity index (χ0) is 12.7. The van der Waals surface area contributed by atoms with E-state index in [0.717, 1.165) is 19.3 Å². The fourth-order valence-electron chi connectivity index (χ4n) is 3.43. The molecule has 0 spiro atoms. The molecule has 17 heavy (non-hydrogen) atoms. The Morgan fingerprint density at radius 3 is 2.47 bits per heavy atom. The molecule has 1 aliphatic heterocycles. The van der Waals surface area contributed by atoms with Gasteiger partial charge in [-0.1, -0.05) is 32.6 Å². The van der Waals surface area contributed by atoms with E-state index >= 15 is 0 Å². The summed E-state index contributed by atoms with van der Waals surface area (Å²) in [7, 11) is 0. The van der Waals surface area contributed by atoms with Crippen LogP contribution in [0.15, 0.2) is 0 Å². The lowest BCUT2D eigenvalue weighted by Crippen LogP contribution is -2.57. The molecule has 2 rings (SSSR count). The van der Waals surface area contributed by atoms with Crippen molar-refractivity contribution in [1.29, 1.82) is 0 Å². The topological polar surface area (TPSA) is 43.4 Å². The highest BCUT2D eigenvalue weighted by Crippen LogP contribution is 2.66. The van der Waals surface area contributed by atoms with Crippen molar-refractivity contribution in [3.63, 3.8) is 0 Å². The molecule has 0 aromatic heterocycles. The molecule has 0 N–H and O–H groups in total. The number of fused-ring (bicyclic) bond motifs is 1. The van der Waals surface area contributed by atoms with Crippen LogP contribution < -0.4 is 0 Å². The second-order valence-corrected chi connectivity index (χ2v) is 5.96. The first-order valence-corrected chi connectivity index (χ1v) is 6.73. The standard InChI is InChI=1S/C14H22O3/c1-4-5-6-7-8-10-9-13(2)11(15)17-12(16)14(10,13)3/h10H,4-9H2,1-3H3. The second kappa shape index (κ2) is 4.11. The van der Waals surface area contributed by atoms with Gasteiger partial charge in [0.15, 0.2) is 0 Å². The summed E-state index contributed by atoms with van der Waals surface area (Å²) < 4.78 is 4.83. The van der Waals surface area contributed by atoms with E-state index in [9.17, 15) is 9.59 Å². The maximum absolute atomic E-state index is 11.8.